The Balaban J connectivity index is 1.92. The van der Waals surface area contributed by atoms with Crippen LogP contribution in [0.2, 0.25) is 0 Å². The number of nitrogens with one attached hydrogen (secondary N) is 1. The van der Waals surface area contributed by atoms with Gasteiger partial charge in [-0.05, 0) is 23.4 Å². The maximum atomic E-state index is 11.9. The van der Waals surface area contributed by atoms with Crippen molar-refractivity contribution in [2.75, 3.05) is 6.54 Å². The number of ketones is 1. The molecule has 19 heavy (non-hydrogen) atoms. The number of rotatable bonds is 5. The van der Waals surface area contributed by atoms with Crippen molar-refractivity contribution in [1.82, 2.24) is 5.32 Å². The van der Waals surface area contributed by atoms with Crippen LogP contribution in [0.25, 0.3) is 0 Å². The van der Waals surface area contributed by atoms with Gasteiger partial charge in [-0.1, -0.05) is 37.3 Å². The minimum atomic E-state index is -0.200. The molecular weight excluding hydrogens is 258 g/mol. The molecule has 0 atom stereocenters. The van der Waals surface area contributed by atoms with Crippen LogP contribution in [0.3, 0.4) is 0 Å². The normalized spacial score (nSPS) is 10.2. The molecular formula is C15H15NO2S. The molecule has 2 aromatic rings. The summed E-state index contributed by atoms with van der Waals surface area (Å²) >= 11 is 1.36. The van der Waals surface area contributed by atoms with Gasteiger partial charge < -0.3 is 5.32 Å². The van der Waals surface area contributed by atoms with Gasteiger partial charge in [-0.3, -0.25) is 9.59 Å². The molecule has 0 fully saturated rings. The second-order valence-corrected chi connectivity index (χ2v) is 5.08. The molecule has 0 aliphatic rings. The molecule has 4 heteroatoms. The first-order chi connectivity index (χ1) is 9.20. The first-order valence-electron chi connectivity index (χ1n) is 6.14. The molecule has 0 unspecified atom stereocenters. The Morgan fingerprint density at radius 1 is 1.16 bits per heavy atom. The lowest BCUT2D eigenvalue weighted by Crippen LogP contribution is -2.28. The topological polar surface area (TPSA) is 46.2 Å². The summed E-state index contributed by atoms with van der Waals surface area (Å²) in [6, 6.07) is 11.0. The molecule has 0 radical (unpaired) electrons. The molecule has 0 spiro atoms. The quantitative estimate of drug-likeness (QED) is 0.851. The third-order valence-corrected chi connectivity index (χ3v) is 3.71. The summed E-state index contributed by atoms with van der Waals surface area (Å²) in [6.45, 7) is 2.10. The van der Waals surface area contributed by atoms with Crippen molar-refractivity contribution < 1.29 is 9.59 Å². The third kappa shape index (κ3) is 3.51. The van der Waals surface area contributed by atoms with Gasteiger partial charge in [0.05, 0.1) is 11.4 Å². The van der Waals surface area contributed by atoms with E-state index in [1.807, 2.05) is 23.6 Å². The summed E-state index contributed by atoms with van der Waals surface area (Å²) in [7, 11) is 0. The van der Waals surface area contributed by atoms with Gasteiger partial charge in [0.2, 0.25) is 0 Å². The Bertz CT molecular complexity index is 558. The molecule has 0 aliphatic carbocycles. The number of aryl methyl sites for hydroxylation is 1. The van der Waals surface area contributed by atoms with E-state index in [0.29, 0.717) is 10.4 Å². The first-order valence-corrected chi connectivity index (χ1v) is 7.02. The number of hydrogen-bond donors (Lipinski definition) is 1. The minimum Gasteiger partial charge on any atom is -0.344 e. The maximum Gasteiger partial charge on any atom is 0.261 e. The van der Waals surface area contributed by atoms with E-state index >= 15 is 0 Å². The van der Waals surface area contributed by atoms with E-state index in [0.717, 1.165) is 6.42 Å². The fraction of sp³-hybridized carbons (Fsp3) is 0.200. The Morgan fingerprint density at radius 2 is 1.89 bits per heavy atom. The summed E-state index contributed by atoms with van der Waals surface area (Å²) in [5.74, 6) is -0.277. The highest BCUT2D eigenvalue weighted by atomic mass is 32.1. The largest absolute Gasteiger partial charge is 0.344 e. The lowest BCUT2D eigenvalue weighted by Gasteiger charge is -2.04. The van der Waals surface area contributed by atoms with E-state index in [4.69, 9.17) is 0 Å². The molecule has 98 valence electrons. The second kappa shape index (κ2) is 6.29. The summed E-state index contributed by atoms with van der Waals surface area (Å²) < 4.78 is 0. The summed E-state index contributed by atoms with van der Waals surface area (Å²) in [6.07, 6.45) is 0.948. The highest BCUT2D eigenvalue weighted by molar-refractivity contribution is 7.12. The third-order valence-electron chi connectivity index (χ3n) is 2.84. The van der Waals surface area contributed by atoms with Gasteiger partial charge in [0.1, 0.15) is 0 Å². The van der Waals surface area contributed by atoms with E-state index in [1.165, 1.54) is 16.9 Å². The van der Waals surface area contributed by atoms with Crippen molar-refractivity contribution in [2.24, 2.45) is 0 Å². The molecule has 0 saturated heterocycles. The monoisotopic (exact) mass is 273 g/mol. The van der Waals surface area contributed by atoms with Crippen molar-refractivity contribution in [3.05, 3.63) is 57.8 Å². The van der Waals surface area contributed by atoms with E-state index < -0.39 is 0 Å². The van der Waals surface area contributed by atoms with Crippen LogP contribution in [0.5, 0.6) is 0 Å². The van der Waals surface area contributed by atoms with E-state index in [1.54, 1.807) is 18.2 Å². The van der Waals surface area contributed by atoms with Crippen molar-refractivity contribution in [3.63, 3.8) is 0 Å². The first kappa shape index (κ1) is 13.5. The van der Waals surface area contributed by atoms with Crippen molar-refractivity contribution in [3.8, 4) is 0 Å². The van der Waals surface area contributed by atoms with Crippen LogP contribution in [0.15, 0.2) is 41.8 Å². The van der Waals surface area contributed by atoms with Gasteiger partial charge in [0, 0.05) is 5.56 Å². The number of Topliss-reactive ketones (excluding diaryl/α,β-unsaturated/α-hetero) is 1. The van der Waals surface area contributed by atoms with Gasteiger partial charge in [0.15, 0.2) is 5.78 Å². The van der Waals surface area contributed by atoms with E-state index in [-0.39, 0.29) is 18.2 Å². The Kier molecular flexibility index (Phi) is 4.47. The van der Waals surface area contributed by atoms with E-state index in [9.17, 15) is 9.59 Å². The Labute approximate surface area is 116 Å². The average Bonchev–Trinajstić information content (AvgIpc) is 2.98. The predicted molar refractivity (Wildman–Crippen MR) is 76.8 cm³/mol. The fourth-order valence-corrected chi connectivity index (χ4v) is 2.32. The smallest absolute Gasteiger partial charge is 0.261 e. The van der Waals surface area contributed by atoms with Crippen molar-refractivity contribution >= 4 is 23.0 Å². The average molecular weight is 273 g/mol. The predicted octanol–water partition coefficient (Wildman–Crippen LogP) is 2.92. The van der Waals surface area contributed by atoms with Crippen molar-refractivity contribution in [2.45, 2.75) is 13.3 Å². The molecule has 0 saturated carbocycles. The molecule has 0 aliphatic heterocycles. The lowest BCUT2D eigenvalue weighted by atomic mass is 10.1. The van der Waals surface area contributed by atoms with Gasteiger partial charge in [-0.2, -0.15) is 0 Å². The highest BCUT2D eigenvalue weighted by Gasteiger charge is 2.10. The van der Waals surface area contributed by atoms with Crippen LogP contribution < -0.4 is 5.32 Å². The number of carbonyl (C=O) groups excluding carboxylic acids is 2. The van der Waals surface area contributed by atoms with Crippen LogP contribution >= 0.6 is 11.3 Å². The zero-order valence-electron chi connectivity index (χ0n) is 10.7. The number of carbonyl (C=O) groups is 2. The molecule has 1 amide bonds. The molecule has 3 nitrogen and oxygen atoms in total. The fourth-order valence-electron chi connectivity index (χ4n) is 1.68. The Morgan fingerprint density at radius 3 is 2.47 bits per heavy atom. The molecule has 1 N–H and O–H groups in total. The van der Waals surface area contributed by atoms with Gasteiger partial charge in [-0.15, -0.1) is 11.3 Å². The van der Waals surface area contributed by atoms with Crippen LogP contribution in [0.4, 0.5) is 0 Å². The number of thiophene rings is 1. The van der Waals surface area contributed by atoms with Crippen LogP contribution in [-0.4, -0.2) is 18.2 Å². The summed E-state index contributed by atoms with van der Waals surface area (Å²) in [5.41, 5.74) is 1.82. The highest BCUT2D eigenvalue weighted by Crippen LogP contribution is 2.08. The number of hydrogen-bond acceptors (Lipinski definition) is 3. The zero-order chi connectivity index (χ0) is 13.7. The Hall–Kier alpha value is -1.94. The molecule has 1 aromatic carbocycles. The van der Waals surface area contributed by atoms with Crippen LogP contribution in [0, 0.1) is 0 Å². The van der Waals surface area contributed by atoms with Crippen molar-refractivity contribution in [1.29, 1.82) is 0 Å². The maximum absolute atomic E-state index is 11.9. The molecule has 1 heterocycles. The lowest BCUT2D eigenvalue weighted by molar-refractivity contribution is 0.0906. The molecule has 0 bridgehead atoms. The SMILES string of the molecule is CCc1ccc(C(=O)CNC(=O)c2cccs2)cc1. The van der Waals surface area contributed by atoms with Crippen LogP contribution in [-0.2, 0) is 6.42 Å². The van der Waals surface area contributed by atoms with Gasteiger partial charge in [0.25, 0.3) is 5.91 Å². The second-order valence-electron chi connectivity index (χ2n) is 4.13. The summed E-state index contributed by atoms with van der Waals surface area (Å²) in [5, 5.41) is 4.47. The van der Waals surface area contributed by atoms with E-state index in [2.05, 4.69) is 12.2 Å². The molecule has 2 rings (SSSR count). The zero-order valence-corrected chi connectivity index (χ0v) is 11.5. The minimum absolute atomic E-state index is 0.0300. The standard InChI is InChI=1S/C15H15NO2S/c1-2-11-5-7-12(8-6-11)13(17)10-16-15(18)14-4-3-9-19-14/h3-9H,2,10H2,1H3,(H,16,18). The van der Waals surface area contributed by atoms with Gasteiger partial charge >= 0.3 is 0 Å². The number of benzene rings is 1. The molecule has 1 aromatic heterocycles. The van der Waals surface area contributed by atoms with Gasteiger partial charge in [-0.25, -0.2) is 0 Å². The number of amides is 1. The van der Waals surface area contributed by atoms with Crippen LogP contribution in [0.1, 0.15) is 32.5 Å². The summed E-state index contributed by atoms with van der Waals surface area (Å²) in [4.78, 5) is 24.2.